The van der Waals surface area contributed by atoms with E-state index >= 15 is 0 Å². The van der Waals surface area contributed by atoms with Crippen LogP contribution in [0.25, 0.3) is 0 Å². The average Bonchev–Trinajstić information content (AvgIpc) is 2.76. The fraction of sp³-hybridized carbons (Fsp3) is 0.231. The number of amides is 2. The topological polar surface area (TPSA) is 58.2 Å². The third-order valence-corrected chi connectivity index (χ3v) is 5.10. The fourth-order valence-corrected chi connectivity index (χ4v) is 3.27. The van der Waals surface area contributed by atoms with E-state index in [0.29, 0.717) is 23.4 Å². The summed E-state index contributed by atoms with van der Waals surface area (Å²) < 4.78 is 0. The number of aryl methyl sites for hydroxylation is 1. The van der Waals surface area contributed by atoms with Crippen LogP contribution in [-0.4, -0.2) is 11.8 Å². The predicted octanol–water partition coefficient (Wildman–Crippen LogP) is 5.77. The molecule has 0 fully saturated rings. The molecule has 0 saturated heterocycles. The highest BCUT2D eigenvalue weighted by atomic mass is 16.2. The second-order valence-electron chi connectivity index (χ2n) is 7.44. The highest BCUT2D eigenvalue weighted by Gasteiger charge is 2.11. The number of nitrogens with one attached hydrogen (secondary N) is 2. The highest BCUT2D eigenvalue weighted by molar-refractivity contribution is 6.05. The van der Waals surface area contributed by atoms with E-state index in [9.17, 15) is 9.59 Å². The molecule has 0 bridgehead atoms. The molecule has 154 valence electrons. The van der Waals surface area contributed by atoms with Gasteiger partial charge in [-0.15, -0.1) is 0 Å². The number of unbranched alkanes of at least 4 members (excludes halogenated alkanes) is 1. The molecule has 0 aliphatic heterocycles. The van der Waals surface area contributed by atoms with Crippen LogP contribution in [-0.2, 0) is 17.6 Å². The molecule has 2 N–H and O–H groups in total. The molecule has 4 nitrogen and oxygen atoms in total. The van der Waals surface area contributed by atoms with E-state index in [1.54, 1.807) is 12.1 Å². The Bertz CT molecular complexity index is 995. The van der Waals surface area contributed by atoms with Crippen molar-refractivity contribution in [3.8, 4) is 0 Å². The van der Waals surface area contributed by atoms with E-state index in [1.165, 1.54) is 18.4 Å². The molecule has 0 unspecified atom stereocenters. The molecule has 4 heteroatoms. The monoisotopic (exact) mass is 400 g/mol. The predicted molar refractivity (Wildman–Crippen MR) is 123 cm³/mol. The summed E-state index contributed by atoms with van der Waals surface area (Å²) in [6.45, 7) is 4.07. The van der Waals surface area contributed by atoms with Gasteiger partial charge in [0.25, 0.3) is 5.91 Å². The van der Waals surface area contributed by atoms with Crippen molar-refractivity contribution in [1.82, 2.24) is 0 Å². The van der Waals surface area contributed by atoms with E-state index in [1.807, 2.05) is 55.5 Å². The van der Waals surface area contributed by atoms with Crippen LogP contribution in [0.15, 0.2) is 72.8 Å². The minimum absolute atomic E-state index is 0.0778. The minimum Gasteiger partial charge on any atom is -0.325 e. The third kappa shape index (κ3) is 5.80. The molecule has 0 saturated carbocycles. The Morgan fingerprint density at radius 2 is 1.40 bits per heavy atom. The molecule has 30 heavy (non-hydrogen) atoms. The summed E-state index contributed by atoms with van der Waals surface area (Å²) in [5.74, 6) is -0.253. The van der Waals surface area contributed by atoms with Crippen LogP contribution in [0.5, 0.6) is 0 Å². The lowest BCUT2D eigenvalue weighted by molar-refractivity contribution is -0.115. The Kier molecular flexibility index (Phi) is 7.39. The first kappa shape index (κ1) is 21.3. The number of hydrogen-bond acceptors (Lipinski definition) is 2. The molecule has 0 aliphatic rings. The number of benzene rings is 3. The molecule has 0 heterocycles. The van der Waals surface area contributed by atoms with Gasteiger partial charge in [0.15, 0.2) is 0 Å². The fourth-order valence-electron chi connectivity index (χ4n) is 3.27. The van der Waals surface area contributed by atoms with Gasteiger partial charge in [-0.05, 0) is 60.7 Å². The Balaban J connectivity index is 1.63. The zero-order chi connectivity index (χ0) is 21.3. The van der Waals surface area contributed by atoms with Crippen LogP contribution in [0.4, 0.5) is 11.4 Å². The molecule has 2 amide bonds. The number of hydrogen-bond donors (Lipinski definition) is 2. The highest BCUT2D eigenvalue weighted by Crippen LogP contribution is 2.24. The molecule has 0 aromatic heterocycles. The molecule has 3 rings (SSSR count). The van der Waals surface area contributed by atoms with Gasteiger partial charge in [-0.1, -0.05) is 61.9 Å². The standard InChI is InChI=1S/C26H28N2O2/c1-3-4-9-20-14-16-21(17-15-20)18-25(29)27-23-12-8-13-24(19(23)2)28-26(30)22-10-6-5-7-11-22/h5-8,10-17H,3-4,9,18H2,1-2H3,(H,27,29)(H,28,30). The van der Waals surface area contributed by atoms with Gasteiger partial charge in [-0.3, -0.25) is 9.59 Å². The molecular weight excluding hydrogens is 372 g/mol. The van der Waals surface area contributed by atoms with Gasteiger partial charge in [0.05, 0.1) is 6.42 Å². The van der Waals surface area contributed by atoms with Crippen molar-refractivity contribution in [3.05, 3.63) is 95.1 Å². The maximum Gasteiger partial charge on any atom is 0.255 e. The maximum atomic E-state index is 12.5. The van der Waals surface area contributed by atoms with Gasteiger partial charge in [0.2, 0.25) is 5.91 Å². The van der Waals surface area contributed by atoms with Crippen molar-refractivity contribution >= 4 is 23.2 Å². The van der Waals surface area contributed by atoms with Crippen LogP contribution in [0.3, 0.4) is 0 Å². The quantitative estimate of drug-likeness (QED) is 0.504. The number of rotatable bonds is 8. The first-order valence-corrected chi connectivity index (χ1v) is 10.4. The first-order valence-electron chi connectivity index (χ1n) is 10.4. The lowest BCUT2D eigenvalue weighted by Gasteiger charge is -2.14. The molecule has 3 aromatic carbocycles. The second kappa shape index (κ2) is 10.4. The summed E-state index contributed by atoms with van der Waals surface area (Å²) in [5, 5.41) is 5.89. The Labute approximate surface area is 178 Å². The van der Waals surface area contributed by atoms with Gasteiger partial charge in [-0.2, -0.15) is 0 Å². The van der Waals surface area contributed by atoms with E-state index in [4.69, 9.17) is 0 Å². The average molecular weight is 401 g/mol. The Morgan fingerprint density at radius 1 is 0.767 bits per heavy atom. The van der Waals surface area contributed by atoms with Gasteiger partial charge < -0.3 is 10.6 Å². The van der Waals surface area contributed by atoms with Crippen LogP contribution in [0, 0.1) is 6.92 Å². The Hall–Kier alpha value is -3.40. The van der Waals surface area contributed by atoms with Crippen molar-refractivity contribution in [3.63, 3.8) is 0 Å². The Morgan fingerprint density at radius 3 is 2.07 bits per heavy atom. The third-order valence-electron chi connectivity index (χ3n) is 5.10. The molecule has 3 aromatic rings. The van der Waals surface area contributed by atoms with Gasteiger partial charge in [-0.25, -0.2) is 0 Å². The van der Waals surface area contributed by atoms with Crippen molar-refractivity contribution in [2.24, 2.45) is 0 Å². The second-order valence-corrected chi connectivity index (χ2v) is 7.44. The SMILES string of the molecule is CCCCc1ccc(CC(=O)Nc2cccc(NC(=O)c3ccccc3)c2C)cc1. The zero-order valence-electron chi connectivity index (χ0n) is 17.6. The molecule has 0 atom stereocenters. The summed E-state index contributed by atoms with van der Waals surface area (Å²) in [6.07, 6.45) is 3.74. The molecule has 0 aliphatic carbocycles. The minimum atomic E-state index is -0.176. The van der Waals surface area contributed by atoms with Gasteiger partial charge >= 0.3 is 0 Å². The van der Waals surface area contributed by atoms with E-state index in [-0.39, 0.29) is 11.8 Å². The summed E-state index contributed by atoms with van der Waals surface area (Å²) in [7, 11) is 0. The number of anilines is 2. The number of carbonyl (C=O) groups excluding carboxylic acids is 2. The molecule has 0 spiro atoms. The zero-order valence-corrected chi connectivity index (χ0v) is 17.6. The van der Waals surface area contributed by atoms with Gasteiger partial charge in [0.1, 0.15) is 0 Å². The van der Waals surface area contributed by atoms with Crippen molar-refractivity contribution in [2.45, 2.75) is 39.5 Å². The van der Waals surface area contributed by atoms with E-state index in [2.05, 4.69) is 29.7 Å². The van der Waals surface area contributed by atoms with E-state index in [0.717, 1.165) is 17.5 Å². The lowest BCUT2D eigenvalue weighted by atomic mass is 10.0. The maximum absolute atomic E-state index is 12.5. The van der Waals surface area contributed by atoms with Gasteiger partial charge in [0, 0.05) is 16.9 Å². The van der Waals surface area contributed by atoms with Crippen LogP contribution >= 0.6 is 0 Å². The lowest BCUT2D eigenvalue weighted by Crippen LogP contribution is -2.17. The summed E-state index contributed by atoms with van der Waals surface area (Å²) >= 11 is 0. The van der Waals surface area contributed by atoms with Crippen molar-refractivity contribution in [2.75, 3.05) is 10.6 Å². The number of carbonyl (C=O) groups is 2. The molecule has 0 radical (unpaired) electrons. The summed E-state index contributed by atoms with van der Waals surface area (Å²) in [6, 6.07) is 22.8. The first-order chi connectivity index (χ1) is 14.6. The van der Waals surface area contributed by atoms with Crippen LogP contribution in [0.2, 0.25) is 0 Å². The van der Waals surface area contributed by atoms with Crippen LogP contribution in [0.1, 0.15) is 46.8 Å². The normalized spacial score (nSPS) is 10.5. The summed E-state index contributed by atoms with van der Waals surface area (Å²) in [5.41, 5.74) is 5.09. The largest absolute Gasteiger partial charge is 0.325 e. The van der Waals surface area contributed by atoms with Crippen molar-refractivity contribution < 1.29 is 9.59 Å². The van der Waals surface area contributed by atoms with Crippen LogP contribution < -0.4 is 10.6 Å². The van der Waals surface area contributed by atoms with E-state index < -0.39 is 0 Å². The van der Waals surface area contributed by atoms with Crippen molar-refractivity contribution in [1.29, 1.82) is 0 Å². The summed E-state index contributed by atoms with van der Waals surface area (Å²) in [4.78, 5) is 25.0. The molecular formula is C26H28N2O2. The smallest absolute Gasteiger partial charge is 0.255 e.